The van der Waals surface area contributed by atoms with Crippen molar-refractivity contribution in [2.75, 3.05) is 19.7 Å². The van der Waals surface area contributed by atoms with Gasteiger partial charge in [-0.1, -0.05) is 13.5 Å². The molecule has 0 saturated carbocycles. The van der Waals surface area contributed by atoms with Crippen LogP contribution in [0.25, 0.3) is 0 Å². The quantitative estimate of drug-likeness (QED) is 0.404. The van der Waals surface area contributed by atoms with E-state index >= 15 is 0 Å². The summed E-state index contributed by atoms with van der Waals surface area (Å²) in [5, 5.41) is -5.92. The van der Waals surface area contributed by atoms with Crippen molar-refractivity contribution in [3.63, 3.8) is 0 Å². The van der Waals surface area contributed by atoms with Crippen molar-refractivity contribution in [1.82, 2.24) is 4.31 Å². The van der Waals surface area contributed by atoms with Crippen LogP contribution < -0.4 is 0 Å². The molecule has 0 amide bonds. The fourth-order valence-corrected chi connectivity index (χ4v) is 2.39. The normalized spacial score (nSPS) is 13.3. The van der Waals surface area contributed by atoms with Crippen LogP contribution in [0.3, 0.4) is 0 Å². The lowest BCUT2D eigenvalue weighted by Crippen LogP contribution is -2.52. The van der Waals surface area contributed by atoms with Gasteiger partial charge in [-0.2, -0.15) is 26.3 Å². The molecule has 21 heavy (non-hydrogen) atoms. The lowest BCUT2D eigenvalue weighted by Gasteiger charge is -2.27. The monoisotopic (exact) mass is 339 g/mol. The Kier molecular flexibility index (Phi) is 6.30. The van der Waals surface area contributed by atoms with E-state index in [4.69, 9.17) is 0 Å². The van der Waals surface area contributed by atoms with Crippen molar-refractivity contribution in [1.29, 1.82) is 0 Å². The average molecular weight is 339 g/mol. The third kappa shape index (κ3) is 4.37. The van der Waals surface area contributed by atoms with Gasteiger partial charge < -0.3 is 4.74 Å². The minimum absolute atomic E-state index is 0.0264. The van der Waals surface area contributed by atoms with Crippen molar-refractivity contribution >= 4 is 16.0 Å². The second-order valence-corrected chi connectivity index (χ2v) is 5.91. The van der Waals surface area contributed by atoms with Gasteiger partial charge in [-0.15, -0.1) is 0 Å². The number of halogens is 5. The summed E-state index contributed by atoms with van der Waals surface area (Å²) in [4.78, 5) is 11.0. The number of carbonyl (C=O) groups excluding carboxylic acids is 1. The van der Waals surface area contributed by atoms with Crippen LogP contribution in [0.15, 0.2) is 12.2 Å². The Morgan fingerprint density at radius 1 is 1.24 bits per heavy atom. The molecule has 0 aliphatic rings. The highest BCUT2D eigenvalue weighted by atomic mass is 32.2. The third-order valence-corrected chi connectivity index (χ3v) is 4.27. The van der Waals surface area contributed by atoms with E-state index in [9.17, 15) is 35.2 Å². The number of esters is 1. The van der Waals surface area contributed by atoms with Crippen LogP contribution in [-0.2, 0) is 19.6 Å². The summed E-state index contributed by atoms with van der Waals surface area (Å²) in [5.41, 5.74) is -0.0264. The molecular weight excluding hydrogens is 325 g/mol. The van der Waals surface area contributed by atoms with Crippen LogP contribution in [0.5, 0.6) is 0 Å². The molecule has 0 N–H and O–H groups in total. The van der Waals surface area contributed by atoms with Crippen LogP contribution in [0.2, 0.25) is 0 Å². The summed E-state index contributed by atoms with van der Waals surface area (Å²) >= 11 is 0. The number of hydrogen-bond acceptors (Lipinski definition) is 4. The molecule has 0 aliphatic heterocycles. The van der Waals surface area contributed by atoms with Gasteiger partial charge in [0, 0.05) is 18.7 Å². The predicted octanol–water partition coefficient (Wildman–Crippen LogP) is 1.91. The van der Waals surface area contributed by atoms with Crippen molar-refractivity contribution in [2.45, 2.75) is 25.3 Å². The summed E-state index contributed by atoms with van der Waals surface area (Å²) < 4.78 is 89.4. The summed E-state index contributed by atoms with van der Waals surface area (Å²) in [7, 11) is -5.97. The van der Waals surface area contributed by atoms with Gasteiger partial charge >= 0.3 is 17.4 Å². The number of alkyl halides is 5. The van der Waals surface area contributed by atoms with Crippen molar-refractivity contribution in [3.05, 3.63) is 12.2 Å². The van der Waals surface area contributed by atoms with Gasteiger partial charge in [0.05, 0.1) is 0 Å². The molecule has 0 bridgehead atoms. The van der Waals surface area contributed by atoms with Gasteiger partial charge in [0.15, 0.2) is 0 Å². The Balaban J connectivity index is 5.03. The first-order valence-corrected chi connectivity index (χ1v) is 7.00. The maximum absolute atomic E-state index is 13.0. The molecule has 0 aromatic heterocycles. The van der Waals surface area contributed by atoms with E-state index in [0.29, 0.717) is 0 Å². The topological polar surface area (TPSA) is 63.7 Å². The summed E-state index contributed by atoms with van der Waals surface area (Å²) in [6.07, 6.45) is -6.24. The molecule has 0 aromatic carbocycles. The predicted molar refractivity (Wildman–Crippen MR) is 62.9 cm³/mol. The molecule has 0 aromatic rings. The third-order valence-electron chi connectivity index (χ3n) is 2.27. The van der Waals surface area contributed by atoms with Crippen LogP contribution in [-0.4, -0.2) is 49.8 Å². The van der Waals surface area contributed by atoms with E-state index in [0.717, 1.165) is 6.92 Å². The molecule has 0 atom stereocenters. The molecule has 0 rings (SSSR count). The molecule has 0 spiro atoms. The Morgan fingerprint density at radius 2 is 1.71 bits per heavy atom. The molecule has 0 unspecified atom stereocenters. The number of rotatable bonds is 7. The summed E-state index contributed by atoms with van der Waals surface area (Å²) in [5.74, 6) is -0.911. The van der Waals surface area contributed by atoms with Crippen molar-refractivity contribution in [2.24, 2.45) is 0 Å². The highest BCUT2D eigenvalue weighted by Gasteiger charge is 2.68. The zero-order chi connectivity index (χ0) is 17.1. The smallest absolute Gasteiger partial charge is 0.461 e. The second-order valence-electron chi connectivity index (χ2n) is 3.93. The lowest BCUT2D eigenvalue weighted by molar-refractivity contribution is -0.242. The van der Waals surface area contributed by atoms with Crippen LogP contribution >= 0.6 is 0 Å². The Bertz CT molecular complexity index is 500. The Labute approximate surface area is 118 Å². The molecule has 5 nitrogen and oxygen atoms in total. The number of nitrogens with zero attached hydrogens (tertiary/aromatic N) is 1. The maximum atomic E-state index is 13.0. The van der Waals surface area contributed by atoms with Crippen molar-refractivity contribution in [3.8, 4) is 0 Å². The molecule has 11 heteroatoms. The zero-order valence-corrected chi connectivity index (χ0v) is 12.0. The minimum Gasteiger partial charge on any atom is -0.461 e. The highest BCUT2D eigenvalue weighted by Crippen LogP contribution is 2.41. The van der Waals surface area contributed by atoms with Crippen LogP contribution in [0.1, 0.15) is 13.8 Å². The molecule has 0 fully saturated rings. The molecular formula is C10H14F5NO4S. The largest absolute Gasteiger partial charge is 0.470 e. The zero-order valence-electron chi connectivity index (χ0n) is 11.2. The highest BCUT2D eigenvalue weighted by molar-refractivity contribution is 7.90. The van der Waals surface area contributed by atoms with E-state index in [1.807, 2.05) is 0 Å². The summed E-state index contributed by atoms with van der Waals surface area (Å²) in [6, 6.07) is 0. The number of likely N-dealkylation sites (N-methyl/N-ethyl adjacent to an activating group) is 1. The standard InChI is InChI=1S/C10H14F5NO4S/c1-4-16(5-6-20-8(17)7(2)3)21(18,19)10(14,15)9(11,12)13/h2,4-6H2,1,3H3. The van der Waals surface area contributed by atoms with Gasteiger partial charge in [-0.25, -0.2) is 13.2 Å². The number of sulfonamides is 1. The van der Waals surface area contributed by atoms with Crippen molar-refractivity contribution < 1.29 is 39.9 Å². The van der Waals surface area contributed by atoms with Gasteiger partial charge in [-0.3, -0.25) is 0 Å². The summed E-state index contributed by atoms with van der Waals surface area (Å²) in [6.45, 7) is 3.43. The van der Waals surface area contributed by atoms with Crippen LogP contribution in [0, 0.1) is 0 Å². The van der Waals surface area contributed by atoms with Gasteiger partial charge in [-0.05, 0) is 6.92 Å². The Morgan fingerprint density at radius 3 is 2.05 bits per heavy atom. The first kappa shape index (κ1) is 19.8. The lowest BCUT2D eigenvalue weighted by atomic mass is 10.4. The molecule has 124 valence electrons. The van der Waals surface area contributed by atoms with E-state index in [2.05, 4.69) is 11.3 Å². The fraction of sp³-hybridized carbons (Fsp3) is 0.700. The molecule has 0 heterocycles. The van der Waals surface area contributed by atoms with E-state index in [1.165, 1.54) is 6.92 Å². The van der Waals surface area contributed by atoms with Crippen LogP contribution in [0.4, 0.5) is 22.0 Å². The molecule has 0 saturated heterocycles. The second kappa shape index (κ2) is 6.69. The Hall–Kier alpha value is -1.23. The van der Waals surface area contributed by atoms with Gasteiger partial charge in [0.2, 0.25) is 0 Å². The fourth-order valence-electron chi connectivity index (χ4n) is 1.12. The van der Waals surface area contributed by atoms with Gasteiger partial charge in [0.1, 0.15) is 6.61 Å². The van der Waals surface area contributed by atoms with E-state index in [-0.39, 0.29) is 9.88 Å². The van der Waals surface area contributed by atoms with E-state index < -0.39 is 47.1 Å². The number of hydrogen-bond donors (Lipinski definition) is 0. The van der Waals surface area contributed by atoms with E-state index in [1.54, 1.807) is 0 Å². The number of ether oxygens (including phenoxy) is 1. The first-order valence-electron chi connectivity index (χ1n) is 5.55. The average Bonchev–Trinajstić information content (AvgIpc) is 2.32. The number of carbonyl (C=O) groups is 1. The molecule has 0 aliphatic carbocycles. The maximum Gasteiger partial charge on any atom is 0.470 e. The molecule has 0 radical (unpaired) electrons. The SMILES string of the molecule is C=C(C)C(=O)OCCN(CC)S(=O)(=O)C(F)(F)C(F)(F)F. The first-order chi connectivity index (χ1) is 9.29. The minimum atomic E-state index is -6.24. The van der Waals surface area contributed by atoms with Gasteiger partial charge in [0.25, 0.3) is 10.0 Å².